The number of pyridine rings is 1. The van der Waals surface area contributed by atoms with Crippen molar-refractivity contribution in [2.75, 3.05) is 0 Å². The summed E-state index contributed by atoms with van der Waals surface area (Å²) in [5.41, 5.74) is 12.5. The van der Waals surface area contributed by atoms with E-state index in [-0.39, 0.29) is 5.41 Å². The first-order chi connectivity index (χ1) is 23.0. The molecular formula is C44H31N3. The number of hydrogen-bond acceptors (Lipinski definition) is 3. The minimum atomic E-state index is -0.0399. The zero-order chi connectivity index (χ0) is 31.5. The minimum Gasteiger partial charge on any atom is -0.264 e. The minimum absolute atomic E-state index is 0.0399. The van der Waals surface area contributed by atoms with Gasteiger partial charge in [-0.15, -0.1) is 0 Å². The summed E-state index contributed by atoms with van der Waals surface area (Å²) in [6.07, 6.45) is 3.68. The topological polar surface area (TPSA) is 38.7 Å². The van der Waals surface area contributed by atoms with Crippen LogP contribution in [0.3, 0.4) is 0 Å². The highest BCUT2D eigenvalue weighted by Gasteiger charge is 2.35. The van der Waals surface area contributed by atoms with E-state index >= 15 is 0 Å². The van der Waals surface area contributed by atoms with Crippen LogP contribution in [0.15, 0.2) is 152 Å². The number of hydrogen-bond donors (Lipinski definition) is 0. The lowest BCUT2D eigenvalue weighted by molar-refractivity contribution is 0.661. The highest BCUT2D eigenvalue weighted by atomic mass is 14.9. The number of rotatable bonds is 4. The normalized spacial score (nSPS) is 13.1. The van der Waals surface area contributed by atoms with E-state index in [1.807, 2.05) is 18.3 Å². The van der Waals surface area contributed by atoms with Crippen molar-refractivity contribution in [3.63, 3.8) is 0 Å². The van der Waals surface area contributed by atoms with Gasteiger partial charge in [-0.2, -0.15) is 0 Å². The second-order valence-corrected chi connectivity index (χ2v) is 12.9. The first-order valence-electron chi connectivity index (χ1n) is 16.1. The summed E-state index contributed by atoms with van der Waals surface area (Å²) < 4.78 is 0. The van der Waals surface area contributed by atoms with Crippen LogP contribution in [0.4, 0.5) is 0 Å². The lowest BCUT2D eigenvalue weighted by Crippen LogP contribution is -2.14. The van der Waals surface area contributed by atoms with Gasteiger partial charge in [0, 0.05) is 40.1 Å². The summed E-state index contributed by atoms with van der Waals surface area (Å²) in [6.45, 7) is 4.69. The Balaban J connectivity index is 1.19. The van der Waals surface area contributed by atoms with Crippen LogP contribution in [-0.4, -0.2) is 15.0 Å². The van der Waals surface area contributed by atoms with E-state index in [0.29, 0.717) is 5.82 Å². The molecule has 0 spiro atoms. The van der Waals surface area contributed by atoms with Crippen molar-refractivity contribution in [1.29, 1.82) is 0 Å². The molecule has 0 aliphatic heterocycles. The van der Waals surface area contributed by atoms with Crippen LogP contribution in [0.1, 0.15) is 25.0 Å². The summed E-state index contributed by atoms with van der Waals surface area (Å²) in [6, 6.07) is 49.8. The highest BCUT2D eigenvalue weighted by Crippen LogP contribution is 2.50. The Morgan fingerprint density at radius 3 is 2.00 bits per heavy atom. The molecule has 0 saturated carbocycles. The second kappa shape index (κ2) is 10.6. The molecule has 222 valence electrons. The van der Waals surface area contributed by atoms with Gasteiger partial charge in [-0.05, 0) is 85.8 Å². The largest absolute Gasteiger partial charge is 0.264 e. The number of nitrogens with zero attached hydrogens (tertiary/aromatic N) is 3. The van der Waals surface area contributed by atoms with Gasteiger partial charge >= 0.3 is 0 Å². The molecule has 1 aliphatic rings. The summed E-state index contributed by atoms with van der Waals surface area (Å²) >= 11 is 0. The van der Waals surface area contributed by atoms with Gasteiger partial charge in [0.1, 0.15) is 0 Å². The van der Waals surface area contributed by atoms with E-state index in [9.17, 15) is 0 Å². The Labute approximate surface area is 274 Å². The molecule has 0 fully saturated rings. The maximum absolute atomic E-state index is 5.17. The van der Waals surface area contributed by atoms with E-state index in [2.05, 4.69) is 146 Å². The average Bonchev–Trinajstić information content (AvgIpc) is 3.36. The first-order valence-corrected chi connectivity index (χ1v) is 16.1. The molecule has 47 heavy (non-hydrogen) atoms. The Morgan fingerprint density at radius 2 is 1.17 bits per heavy atom. The molecule has 6 aromatic carbocycles. The van der Waals surface area contributed by atoms with E-state index in [4.69, 9.17) is 9.97 Å². The van der Waals surface area contributed by atoms with Crippen LogP contribution in [0.5, 0.6) is 0 Å². The molecule has 0 amide bonds. The fourth-order valence-corrected chi connectivity index (χ4v) is 7.27. The van der Waals surface area contributed by atoms with Crippen LogP contribution in [-0.2, 0) is 5.41 Å². The van der Waals surface area contributed by atoms with Crippen LogP contribution in [0.2, 0.25) is 0 Å². The zero-order valence-corrected chi connectivity index (χ0v) is 26.3. The first kappa shape index (κ1) is 27.4. The van der Waals surface area contributed by atoms with Gasteiger partial charge in [-0.25, -0.2) is 9.97 Å². The molecular weight excluding hydrogens is 571 g/mol. The number of aromatic nitrogens is 3. The average molecular weight is 602 g/mol. The smallest absolute Gasteiger partial charge is 0.160 e. The lowest BCUT2D eigenvalue weighted by atomic mass is 9.81. The quantitative estimate of drug-likeness (QED) is 0.188. The van der Waals surface area contributed by atoms with Gasteiger partial charge in [0.15, 0.2) is 5.82 Å². The van der Waals surface area contributed by atoms with E-state index in [0.717, 1.165) is 39.2 Å². The standard InChI is InChI=1S/C44H31N3/c1-44(2)39-16-7-6-15-36(39)38-24-31-18-17-30-23-32(19-20-35(30)37(31)25-40(38)44)42-26-41(28-10-4-3-5-11-28)46-43(47-42)33-13-8-12-29(22-33)34-14-9-21-45-27-34/h3-27H,1-2H3. The van der Waals surface area contributed by atoms with Crippen molar-refractivity contribution in [2.45, 2.75) is 19.3 Å². The molecule has 3 heteroatoms. The van der Waals surface area contributed by atoms with Crippen molar-refractivity contribution in [1.82, 2.24) is 15.0 Å². The van der Waals surface area contributed by atoms with Crippen LogP contribution < -0.4 is 0 Å². The van der Waals surface area contributed by atoms with E-state index in [1.165, 1.54) is 43.8 Å². The van der Waals surface area contributed by atoms with Gasteiger partial charge in [0.2, 0.25) is 0 Å². The predicted octanol–water partition coefficient (Wildman–Crippen LogP) is 11.2. The summed E-state index contributed by atoms with van der Waals surface area (Å²) in [4.78, 5) is 14.6. The predicted molar refractivity (Wildman–Crippen MR) is 194 cm³/mol. The Morgan fingerprint density at radius 1 is 0.447 bits per heavy atom. The molecule has 0 radical (unpaired) electrons. The molecule has 2 aromatic heterocycles. The van der Waals surface area contributed by atoms with Crippen molar-refractivity contribution in [3.8, 4) is 56.2 Å². The third-order valence-electron chi connectivity index (χ3n) is 9.74. The molecule has 0 saturated heterocycles. The fourth-order valence-electron chi connectivity index (χ4n) is 7.27. The maximum Gasteiger partial charge on any atom is 0.160 e. The fraction of sp³-hybridized carbons (Fsp3) is 0.0682. The molecule has 9 rings (SSSR count). The molecule has 0 atom stereocenters. The number of benzene rings is 6. The summed E-state index contributed by atoms with van der Waals surface area (Å²) in [5, 5.41) is 5.00. The summed E-state index contributed by atoms with van der Waals surface area (Å²) in [5.74, 6) is 0.697. The van der Waals surface area contributed by atoms with Crippen molar-refractivity contribution in [3.05, 3.63) is 163 Å². The molecule has 2 heterocycles. The Bertz CT molecular complexity index is 2480. The molecule has 8 aromatic rings. The molecule has 3 nitrogen and oxygen atoms in total. The summed E-state index contributed by atoms with van der Waals surface area (Å²) in [7, 11) is 0. The molecule has 0 N–H and O–H groups in total. The third kappa shape index (κ3) is 4.54. The molecule has 0 unspecified atom stereocenters. The van der Waals surface area contributed by atoms with Gasteiger partial charge < -0.3 is 0 Å². The van der Waals surface area contributed by atoms with Crippen molar-refractivity contribution < 1.29 is 0 Å². The second-order valence-electron chi connectivity index (χ2n) is 12.9. The van der Waals surface area contributed by atoms with Crippen LogP contribution >= 0.6 is 0 Å². The van der Waals surface area contributed by atoms with Gasteiger partial charge in [-0.1, -0.05) is 117 Å². The maximum atomic E-state index is 5.17. The monoisotopic (exact) mass is 601 g/mol. The van der Waals surface area contributed by atoms with Crippen LogP contribution in [0, 0.1) is 0 Å². The Hall–Kier alpha value is -5.93. The number of fused-ring (bicyclic) bond motifs is 6. The third-order valence-corrected chi connectivity index (χ3v) is 9.74. The van der Waals surface area contributed by atoms with Gasteiger partial charge in [0.05, 0.1) is 11.4 Å². The zero-order valence-electron chi connectivity index (χ0n) is 26.3. The van der Waals surface area contributed by atoms with Crippen LogP contribution in [0.25, 0.3) is 77.7 Å². The molecule has 0 bridgehead atoms. The van der Waals surface area contributed by atoms with Crippen molar-refractivity contribution in [2.24, 2.45) is 0 Å². The van der Waals surface area contributed by atoms with E-state index < -0.39 is 0 Å². The van der Waals surface area contributed by atoms with Gasteiger partial charge in [0.25, 0.3) is 0 Å². The van der Waals surface area contributed by atoms with E-state index in [1.54, 1.807) is 6.20 Å². The Kier molecular flexibility index (Phi) is 6.16. The van der Waals surface area contributed by atoms with Gasteiger partial charge in [-0.3, -0.25) is 4.98 Å². The highest BCUT2D eigenvalue weighted by molar-refractivity contribution is 6.10. The SMILES string of the molecule is CC1(C)c2ccccc2-c2cc3ccc4cc(-c5cc(-c6ccccc6)nc(-c6cccc(-c7cccnc7)c6)n5)ccc4c3cc21. The lowest BCUT2D eigenvalue weighted by Gasteiger charge is -2.22. The van der Waals surface area contributed by atoms with Crippen molar-refractivity contribution >= 4 is 21.5 Å². The molecule has 1 aliphatic carbocycles.